The summed E-state index contributed by atoms with van der Waals surface area (Å²) in [7, 11) is 2.65. The van der Waals surface area contributed by atoms with Crippen LogP contribution >= 0.6 is 0 Å². The quantitative estimate of drug-likeness (QED) is 0.434. The first-order valence-corrected chi connectivity index (χ1v) is 8.54. The van der Waals surface area contributed by atoms with Gasteiger partial charge in [0.2, 0.25) is 0 Å². The molecule has 4 nitrogen and oxygen atoms in total. The van der Waals surface area contributed by atoms with Crippen LogP contribution < -0.4 is 5.32 Å². The summed E-state index contributed by atoms with van der Waals surface area (Å²) in [6, 6.07) is 0.873. The van der Waals surface area contributed by atoms with Gasteiger partial charge in [0.05, 0.1) is 0 Å². The third kappa shape index (κ3) is 7.89. The molecule has 5 heteroatoms. The van der Waals surface area contributed by atoms with Crippen LogP contribution in [0.1, 0.15) is 39.0 Å². The minimum absolute atomic E-state index is 0.873. The lowest BCUT2D eigenvalue weighted by Crippen LogP contribution is -2.43. The van der Waals surface area contributed by atoms with Gasteiger partial charge in [-0.1, -0.05) is 26.2 Å². The molecule has 0 aliphatic rings. The van der Waals surface area contributed by atoms with Gasteiger partial charge in [0.1, 0.15) is 0 Å². The molecule has 0 unspecified atom stereocenters. The van der Waals surface area contributed by atoms with Gasteiger partial charge in [-0.25, -0.2) is 0 Å². The Balaban J connectivity index is 3.43. The SMILES string of the molecule is CCCCCCNCCC[Si](OC)(OC)OC. The monoisotopic (exact) mass is 263 g/mol. The minimum atomic E-state index is -2.34. The van der Waals surface area contributed by atoms with E-state index in [1.165, 1.54) is 25.7 Å². The first kappa shape index (κ1) is 17.1. The molecule has 0 spiro atoms. The minimum Gasteiger partial charge on any atom is -0.377 e. The Hall–Kier alpha value is 0.0569. The molecule has 17 heavy (non-hydrogen) atoms. The van der Waals surface area contributed by atoms with Gasteiger partial charge in [0, 0.05) is 27.4 Å². The molecule has 1 N–H and O–H groups in total. The number of hydrogen-bond donors (Lipinski definition) is 1. The molecule has 0 aromatic heterocycles. The Labute approximate surface area is 107 Å². The molecule has 0 bridgehead atoms. The smallest absolute Gasteiger partial charge is 0.377 e. The number of unbranched alkanes of at least 4 members (excludes halogenated alkanes) is 3. The van der Waals surface area contributed by atoms with E-state index in [1.807, 2.05) is 0 Å². The Morgan fingerprint density at radius 2 is 1.41 bits per heavy atom. The maximum Gasteiger partial charge on any atom is 0.500 e. The zero-order chi connectivity index (χ0) is 13.0. The van der Waals surface area contributed by atoms with Crippen molar-refractivity contribution in [3.05, 3.63) is 0 Å². The van der Waals surface area contributed by atoms with E-state index in [4.69, 9.17) is 13.3 Å². The highest BCUT2D eigenvalue weighted by molar-refractivity contribution is 6.60. The molecule has 0 amide bonds. The van der Waals surface area contributed by atoms with Gasteiger partial charge in [0.25, 0.3) is 0 Å². The summed E-state index contributed by atoms with van der Waals surface area (Å²) in [6.45, 7) is 4.36. The number of rotatable bonds is 12. The van der Waals surface area contributed by atoms with Gasteiger partial charge in [0.15, 0.2) is 0 Å². The van der Waals surface area contributed by atoms with E-state index in [1.54, 1.807) is 21.3 Å². The molecule has 0 aromatic rings. The zero-order valence-electron chi connectivity index (χ0n) is 11.9. The molecule has 0 rings (SSSR count). The van der Waals surface area contributed by atoms with Gasteiger partial charge in [-0.2, -0.15) is 0 Å². The predicted octanol–water partition coefficient (Wildman–Crippen LogP) is 2.42. The van der Waals surface area contributed by atoms with Crippen LogP contribution in [0, 0.1) is 0 Å². The van der Waals surface area contributed by atoms with Crippen molar-refractivity contribution >= 4 is 8.80 Å². The number of hydrogen-bond acceptors (Lipinski definition) is 4. The van der Waals surface area contributed by atoms with Gasteiger partial charge in [-0.3, -0.25) is 0 Å². The van der Waals surface area contributed by atoms with Gasteiger partial charge >= 0.3 is 8.80 Å². The highest BCUT2D eigenvalue weighted by Crippen LogP contribution is 2.14. The second kappa shape index (κ2) is 11.2. The normalized spacial score (nSPS) is 12.0. The molecule has 0 aromatic carbocycles. The topological polar surface area (TPSA) is 39.7 Å². The van der Waals surface area contributed by atoms with Crippen molar-refractivity contribution in [2.45, 2.75) is 45.1 Å². The van der Waals surface area contributed by atoms with Crippen molar-refractivity contribution in [1.29, 1.82) is 0 Å². The van der Waals surface area contributed by atoms with E-state index in [-0.39, 0.29) is 0 Å². The van der Waals surface area contributed by atoms with Crippen molar-refractivity contribution < 1.29 is 13.3 Å². The first-order chi connectivity index (χ1) is 8.24. The first-order valence-electron chi connectivity index (χ1n) is 6.60. The molecule has 0 aliphatic carbocycles. The second-order valence-electron chi connectivity index (χ2n) is 4.21. The van der Waals surface area contributed by atoms with Crippen LogP contribution in [-0.4, -0.2) is 43.2 Å². The average Bonchev–Trinajstić information content (AvgIpc) is 2.38. The van der Waals surface area contributed by atoms with Crippen molar-refractivity contribution in [2.75, 3.05) is 34.4 Å². The van der Waals surface area contributed by atoms with Crippen LogP contribution in [-0.2, 0) is 13.3 Å². The molecule has 104 valence electrons. The average molecular weight is 263 g/mol. The Kier molecular flexibility index (Phi) is 11.2. The van der Waals surface area contributed by atoms with Crippen LogP contribution in [0.2, 0.25) is 6.04 Å². The summed E-state index contributed by atoms with van der Waals surface area (Å²) in [5.74, 6) is 0. The highest BCUT2D eigenvalue weighted by atomic mass is 28.4. The van der Waals surface area contributed by atoms with E-state index < -0.39 is 8.80 Å². The molecule has 0 saturated heterocycles. The zero-order valence-corrected chi connectivity index (χ0v) is 12.9. The van der Waals surface area contributed by atoms with Crippen molar-refractivity contribution in [2.24, 2.45) is 0 Å². The van der Waals surface area contributed by atoms with Crippen LogP contribution in [0.3, 0.4) is 0 Å². The van der Waals surface area contributed by atoms with E-state index in [0.29, 0.717) is 0 Å². The molecule has 0 radical (unpaired) electrons. The fraction of sp³-hybridized carbons (Fsp3) is 1.00. The molecule has 0 heterocycles. The lowest BCUT2D eigenvalue weighted by Gasteiger charge is -2.24. The van der Waals surface area contributed by atoms with Crippen LogP contribution in [0.15, 0.2) is 0 Å². The van der Waals surface area contributed by atoms with E-state index >= 15 is 0 Å². The van der Waals surface area contributed by atoms with Crippen LogP contribution in [0.5, 0.6) is 0 Å². The Morgan fingerprint density at radius 3 is 1.94 bits per heavy atom. The maximum atomic E-state index is 5.36. The Morgan fingerprint density at radius 1 is 0.824 bits per heavy atom. The summed E-state index contributed by atoms with van der Waals surface area (Å²) in [5.41, 5.74) is 0. The lowest BCUT2D eigenvalue weighted by molar-refractivity contribution is 0.123. The molecular formula is C12H29NO3Si. The van der Waals surface area contributed by atoms with E-state index in [2.05, 4.69) is 12.2 Å². The third-order valence-corrected chi connectivity index (χ3v) is 5.81. The summed E-state index contributed by atoms with van der Waals surface area (Å²) in [4.78, 5) is 0. The number of nitrogens with one attached hydrogen (secondary N) is 1. The summed E-state index contributed by atoms with van der Waals surface area (Å²) < 4.78 is 16.1. The molecule has 0 saturated carbocycles. The summed E-state index contributed by atoms with van der Waals surface area (Å²) >= 11 is 0. The van der Waals surface area contributed by atoms with Crippen LogP contribution in [0.4, 0.5) is 0 Å². The third-order valence-electron chi connectivity index (χ3n) is 2.98. The second-order valence-corrected chi connectivity index (χ2v) is 7.30. The van der Waals surface area contributed by atoms with E-state index in [0.717, 1.165) is 25.6 Å². The van der Waals surface area contributed by atoms with E-state index in [9.17, 15) is 0 Å². The fourth-order valence-corrected chi connectivity index (χ4v) is 3.51. The Bertz CT molecular complexity index is 158. The molecular weight excluding hydrogens is 234 g/mol. The van der Waals surface area contributed by atoms with Gasteiger partial charge in [-0.05, 0) is 25.9 Å². The largest absolute Gasteiger partial charge is 0.500 e. The fourth-order valence-electron chi connectivity index (χ4n) is 1.79. The van der Waals surface area contributed by atoms with Gasteiger partial charge < -0.3 is 18.6 Å². The molecule has 0 fully saturated rings. The summed E-state index contributed by atoms with van der Waals surface area (Å²) in [5, 5.41) is 3.44. The van der Waals surface area contributed by atoms with Crippen molar-refractivity contribution in [3.63, 3.8) is 0 Å². The van der Waals surface area contributed by atoms with Crippen molar-refractivity contribution in [1.82, 2.24) is 5.32 Å². The van der Waals surface area contributed by atoms with Crippen LogP contribution in [0.25, 0.3) is 0 Å². The molecule has 0 atom stereocenters. The van der Waals surface area contributed by atoms with Gasteiger partial charge in [-0.15, -0.1) is 0 Å². The lowest BCUT2D eigenvalue weighted by atomic mass is 10.2. The van der Waals surface area contributed by atoms with Crippen molar-refractivity contribution in [3.8, 4) is 0 Å². The maximum absolute atomic E-state index is 5.36. The highest BCUT2D eigenvalue weighted by Gasteiger charge is 2.36. The molecule has 0 aliphatic heterocycles. The standard InChI is InChI=1S/C12H29NO3Si/c1-5-6-7-8-10-13-11-9-12-17(14-2,15-3)16-4/h13H,5-12H2,1-4H3. The predicted molar refractivity (Wildman–Crippen MR) is 73.2 cm³/mol. The summed E-state index contributed by atoms with van der Waals surface area (Å²) in [6.07, 6.45) is 6.28.